The quantitative estimate of drug-likeness (QED) is 0.0926. The van der Waals surface area contributed by atoms with E-state index < -0.39 is 11.8 Å². The molecule has 7 nitrogen and oxygen atoms in total. The summed E-state index contributed by atoms with van der Waals surface area (Å²) in [4.78, 5) is 40.7. The molecule has 0 unspecified atom stereocenters. The van der Waals surface area contributed by atoms with Crippen molar-refractivity contribution in [2.24, 2.45) is 0 Å². The highest BCUT2D eigenvalue weighted by atomic mass is 32.2. The number of thioether (sulfide) groups is 1. The maximum atomic E-state index is 13.7. The lowest BCUT2D eigenvalue weighted by atomic mass is 10.0. The summed E-state index contributed by atoms with van der Waals surface area (Å²) in [7, 11) is 0. The number of benzene rings is 6. The summed E-state index contributed by atoms with van der Waals surface area (Å²) in [6, 6.07) is 48.2. The van der Waals surface area contributed by atoms with Gasteiger partial charge in [-0.1, -0.05) is 97.1 Å². The molecule has 8 heteroatoms. The number of rotatable bonds is 11. The molecule has 0 saturated heterocycles. The van der Waals surface area contributed by atoms with Crippen molar-refractivity contribution in [3.05, 3.63) is 168 Å². The molecule has 1 heterocycles. The summed E-state index contributed by atoms with van der Waals surface area (Å²) < 4.78 is 2.27. The van der Waals surface area contributed by atoms with Gasteiger partial charge in [-0.2, -0.15) is 0 Å². The van der Waals surface area contributed by atoms with Crippen LogP contribution in [0, 0.1) is 0 Å². The fourth-order valence-corrected chi connectivity index (χ4v) is 6.95. The molecule has 256 valence electrons. The molecule has 0 atom stereocenters. The number of fused-ring (bicyclic) bond motifs is 3. The lowest BCUT2D eigenvalue weighted by Crippen LogP contribution is -2.30. The first-order valence-electron chi connectivity index (χ1n) is 17.0. The van der Waals surface area contributed by atoms with Gasteiger partial charge in [-0.05, 0) is 84.3 Å². The molecule has 0 saturated carbocycles. The molecule has 0 fully saturated rings. The minimum Gasteiger partial charge on any atom is -0.341 e. The Kier molecular flexibility index (Phi) is 10.3. The molecule has 0 aliphatic carbocycles. The number of anilines is 2. The van der Waals surface area contributed by atoms with Gasteiger partial charge in [0.15, 0.2) is 0 Å². The maximum Gasteiger partial charge on any atom is 0.272 e. The van der Waals surface area contributed by atoms with Crippen molar-refractivity contribution in [3.8, 4) is 11.1 Å². The van der Waals surface area contributed by atoms with Crippen LogP contribution in [0.4, 0.5) is 11.4 Å². The zero-order chi connectivity index (χ0) is 35.9. The normalized spacial score (nSPS) is 11.4. The molecule has 0 spiro atoms. The van der Waals surface area contributed by atoms with E-state index in [2.05, 4.69) is 45.6 Å². The smallest absolute Gasteiger partial charge is 0.272 e. The zero-order valence-corrected chi connectivity index (χ0v) is 29.3. The number of aromatic nitrogens is 1. The first-order valence-corrected chi connectivity index (χ1v) is 18.0. The number of nitrogens with one attached hydrogen (secondary N) is 3. The van der Waals surface area contributed by atoms with Crippen LogP contribution >= 0.6 is 11.8 Å². The van der Waals surface area contributed by atoms with Crippen molar-refractivity contribution < 1.29 is 14.4 Å². The van der Waals surface area contributed by atoms with Crippen LogP contribution in [0.5, 0.6) is 0 Å². The summed E-state index contributed by atoms with van der Waals surface area (Å²) in [5.74, 6) is -0.821. The SMILES string of the molecule is CCn1c2ccccc2c2cc(NC(=O)CSc3cccc(NC(=O)/C(=C\c4ccc(-c5ccccc5)cc4)NC(=O)c4ccccc4)c3)ccc21. The number of carbonyl (C=O) groups excluding carboxylic acids is 3. The van der Waals surface area contributed by atoms with Crippen molar-refractivity contribution >= 4 is 68.7 Å². The van der Waals surface area contributed by atoms with E-state index in [1.807, 2.05) is 103 Å². The van der Waals surface area contributed by atoms with Crippen LogP contribution in [0.25, 0.3) is 39.0 Å². The Morgan fingerprint density at radius 2 is 1.31 bits per heavy atom. The Bertz CT molecular complexity index is 2420. The average Bonchev–Trinajstić information content (AvgIpc) is 3.50. The molecule has 1 aromatic heterocycles. The zero-order valence-electron chi connectivity index (χ0n) is 28.5. The molecular formula is C44H36N4O3S. The van der Waals surface area contributed by atoms with Crippen LogP contribution in [0.2, 0.25) is 0 Å². The van der Waals surface area contributed by atoms with Gasteiger partial charge in [-0.3, -0.25) is 14.4 Å². The van der Waals surface area contributed by atoms with Crippen molar-refractivity contribution in [1.82, 2.24) is 9.88 Å². The predicted molar refractivity (Wildman–Crippen MR) is 213 cm³/mol. The van der Waals surface area contributed by atoms with E-state index in [0.29, 0.717) is 11.3 Å². The predicted octanol–water partition coefficient (Wildman–Crippen LogP) is 9.62. The van der Waals surface area contributed by atoms with Crippen LogP contribution in [-0.4, -0.2) is 28.0 Å². The highest BCUT2D eigenvalue weighted by Crippen LogP contribution is 2.31. The number of aryl methyl sites for hydroxylation is 1. The van der Waals surface area contributed by atoms with Gasteiger partial charge in [-0.15, -0.1) is 11.8 Å². The van der Waals surface area contributed by atoms with E-state index in [-0.39, 0.29) is 17.4 Å². The summed E-state index contributed by atoms with van der Waals surface area (Å²) in [6.07, 6.45) is 1.66. The standard InChI is InChI=1S/C44H36N4O3S/c1-2-48-40-19-10-9-18-37(40)38-28-35(24-25-41(38)48)45-42(49)29-52-36-17-11-16-34(27-36)46-44(51)39(47-43(50)33-14-7-4-8-15-33)26-30-20-22-32(23-21-30)31-12-5-3-6-13-31/h3-28H,2,29H2,1H3,(H,45,49)(H,46,51)(H,47,50)/b39-26+. The van der Waals surface area contributed by atoms with Gasteiger partial charge in [0.2, 0.25) is 5.91 Å². The van der Waals surface area contributed by atoms with Gasteiger partial charge >= 0.3 is 0 Å². The molecule has 6 aromatic carbocycles. The molecule has 0 radical (unpaired) electrons. The molecule has 3 N–H and O–H groups in total. The molecule has 7 rings (SSSR count). The van der Waals surface area contributed by atoms with Crippen molar-refractivity contribution in [2.45, 2.75) is 18.4 Å². The number of para-hydroxylation sites is 1. The minimum absolute atomic E-state index is 0.0952. The Balaban J connectivity index is 1.03. The summed E-state index contributed by atoms with van der Waals surface area (Å²) in [5.41, 5.74) is 6.99. The van der Waals surface area contributed by atoms with Crippen LogP contribution < -0.4 is 16.0 Å². The van der Waals surface area contributed by atoms with E-state index in [1.165, 1.54) is 17.3 Å². The van der Waals surface area contributed by atoms with Gasteiger partial charge in [0.05, 0.1) is 5.75 Å². The largest absolute Gasteiger partial charge is 0.341 e. The molecule has 0 bridgehead atoms. The van der Waals surface area contributed by atoms with E-state index in [1.54, 1.807) is 36.4 Å². The van der Waals surface area contributed by atoms with Crippen LogP contribution in [0.1, 0.15) is 22.8 Å². The Hall–Kier alpha value is -6.38. The lowest BCUT2D eigenvalue weighted by molar-refractivity contribution is -0.114. The van der Waals surface area contributed by atoms with Crippen molar-refractivity contribution in [1.29, 1.82) is 0 Å². The first-order chi connectivity index (χ1) is 25.4. The molecule has 52 heavy (non-hydrogen) atoms. The third-order valence-corrected chi connectivity index (χ3v) is 9.69. The highest BCUT2D eigenvalue weighted by molar-refractivity contribution is 8.00. The topological polar surface area (TPSA) is 92.2 Å². The monoisotopic (exact) mass is 700 g/mol. The number of amides is 3. The van der Waals surface area contributed by atoms with E-state index in [0.717, 1.165) is 50.1 Å². The van der Waals surface area contributed by atoms with Gasteiger partial charge in [0.25, 0.3) is 11.8 Å². The van der Waals surface area contributed by atoms with Crippen LogP contribution in [-0.2, 0) is 16.1 Å². The molecular weight excluding hydrogens is 665 g/mol. The second kappa shape index (κ2) is 15.7. The fourth-order valence-electron chi connectivity index (χ4n) is 6.19. The highest BCUT2D eigenvalue weighted by Gasteiger charge is 2.16. The Labute approximate surface area is 306 Å². The van der Waals surface area contributed by atoms with E-state index >= 15 is 0 Å². The van der Waals surface area contributed by atoms with Gasteiger partial charge in [0, 0.05) is 50.2 Å². The number of hydrogen-bond donors (Lipinski definition) is 3. The van der Waals surface area contributed by atoms with Crippen LogP contribution in [0.15, 0.2) is 162 Å². The second-order valence-electron chi connectivity index (χ2n) is 12.2. The van der Waals surface area contributed by atoms with Gasteiger partial charge in [-0.25, -0.2) is 0 Å². The van der Waals surface area contributed by atoms with E-state index in [9.17, 15) is 14.4 Å². The molecule has 0 aliphatic heterocycles. The summed E-state index contributed by atoms with van der Waals surface area (Å²) >= 11 is 1.37. The Morgan fingerprint density at radius 3 is 2.08 bits per heavy atom. The maximum absolute atomic E-state index is 13.7. The van der Waals surface area contributed by atoms with Gasteiger partial charge < -0.3 is 20.5 Å². The van der Waals surface area contributed by atoms with E-state index in [4.69, 9.17) is 0 Å². The lowest BCUT2D eigenvalue weighted by Gasteiger charge is -2.12. The number of carbonyl (C=O) groups is 3. The average molecular weight is 701 g/mol. The second-order valence-corrected chi connectivity index (χ2v) is 13.2. The summed E-state index contributed by atoms with van der Waals surface area (Å²) in [6.45, 7) is 2.99. The molecule has 3 amide bonds. The summed E-state index contributed by atoms with van der Waals surface area (Å²) in [5, 5.41) is 11.0. The molecule has 7 aromatic rings. The van der Waals surface area contributed by atoms with Gasteiger partial charge in [0.1, 0.15) is 5.70 Å². The van der Waals surface area contributed by atoms with Crippen molar-refractivity contribution in [2.75, 3.05) is 16.4 Å². The van der Waals surface area contributed by atoms with Crippen molar-refractivity contribution in [3.63, 3.8) is 0 Å². The third kappa shape index (κ3) is 7.83. The minimum atomic E-state index is -0.476. The Morgan fingerprint density at radius 1 is 0.635 bits per heavy atom. The molecule has 0 aliphatic rings. The number of nitrogens with zero attached hydrogens (tertiary/aromatic N) is 1. The first kappa shape index (κ1) is 34.1. The number of hydrogen-bond acceptors (Lipinski definition) is 4. The fraction of sp³-hybridized carbons (Fsp3) is 0.0682. The third-order valence-electron chi connectivity index (χ3n) is 8.69. The van der Waals surface area contributed by atoms with Crippen LogP contribution in [0.3, 0.4) is 0 Å².